The van der Waals surface area contributed by atoms with Gasteiger partial charge in [-0.05, 0) is 12.1 Å². The average molecular weight is 245 g/mol. The molecule has 7 heteroatoms. The maximum atomic E-state index is 10.8. The van der Waals surface area contributed by atoms with Crippen LogP contribution in [0.1, 0.15) is 18.3 Å². The van der Waals surface area contributed by atoms with Crippen LogP contribution in [0.15, 0.2) is 28.0 Å². The zero-order valence-corrected chi connectivity index (χ0v) is 9.44. The van der Waals surface area contributed by atoms with E-state index in [0.29, 0.717) is 17.9 Å². The largest absolute Gasteiger partial charge is 0.465 e. The summed E-state index contributed by atoms with van der Waals surface area (Å²) in [5, 5.41) is 3.74. The molecule has 0 bridgehead atoms. The fraction of sp³-hybridized carbons (Fsp3) is 0.444. The third-order valence-corrected chi connectivity index (χ3v) is 2.58. The van der Waals surface area contributed by atoms with Crippen LogP contribution in [-0.2, 0) is 19.1 Å². The van der Waals surface area contributed by atoms with Crippen LogP contribution in [0.5, 0.6) is 0 Å². The molecule has 0 aliphatic carbocycles. The van der Waals surface area contributed by atoms with Crippen LogP contribution in [0.4, 0.5) is 0 Å². The Morgan fingerprint density at radius 1 is 1.62 bits per heavy atom. The maximum Gasteiger partial charge on any atom is 0.264 e. The first-order valence-electron chi connectivity index (χ1n) is 4.64. The van der Waals surface area contributed by atoms with Crippen molar-refractivity contribution in [1.82, 2.24) is 0 Å². The highest BCUT2D eigenvalue weighted by molar-refractivity contribution is 7.86. The topological polar surface area (TPSA) is 78.1 Å². The Morgan fingerprint density at radius 2 is 2.44 bits per heavy atom. The number of hydrogen-bond acceptors (Lipinski definition) is 6. The summed E-state index contributed by atoms with van der Waals surface area (Å²) < 4.78 is 31.3. The van der Waals surface area contributed by atoms with Gasteiger partial charge in [-0.1, -0.05) is 5.16 Å². The van der Waals surface area contributed by atoms with Crippen molar-refractivity contribution in [2.75, 3.05) is 12.9 Å². The van der Waals surface area contributed by atoms with Crippen LogP contribution in [0.25, 0.3) is 0 Å². The van der Waals surface area contributed by atoms with Gasteiger partial charge in [-0.3, -0.25) is 4.18 Å². The van der Waals surface area contributed by atoms with Crippen molar-refractivity contribution in [3.05, 3.63) is 24.2 Å². The summed E-state index contributed by atoms with van der Waals surface area (Å²) in [6.07, 6.45) is 2.73. The van der Waals surface area contributed by atoms with Crippen molar-refractivity contribution in [3.63, 3.8) is 0 Å². The first-order chi connectivity index (χ1) is 7.54. The Kier molecular flexibility index (Phi) is 2.97. The summed E-state index contributed by atoms with van der Waals surface area (Å²) in [5.74, 6) is 0.665. The van der Waals surface area contributed by atoms with Crippen molar-refractivity contribution in [1.29, 1.82) is 0 Å². The molecule has 2 rings (SSSR count). The van der Waals surface area contributed by atoms with Crippen molar-refractivity contribution in [3.8, 4) is 0 Å². The fourth-order valence-corrected chi connectivity index (χ4v) is 1.66. The predicted molar refractivity (Wildman–Crippen MR) is 55.4 cm³/mol. The monoisotopic (exact) mass is 245 g/mol. The number of oxime groups is 1. The molecule has 1 aliphatic heterocycles. The van der Waals surface area contributed by atoms with Crippen molar-refractivity contribution < 1.29 is 21.9 Å². The van der Waals surface area contributed by atoms with Gasteiger partial charge in [-0.2, -0.15) is 8.42 Å². The third-order valence-electron chi connectivity index (χ3n) is 2.03. The molecule has 16 heavy (non-hydrogen) atoms. The van der Waals surface area contributed by atoms with E-state index in [0.717, 1.165) is 6.26 Å². The molecule has 1 atom stereocenters. The quantitative estimate of drug-likeness (QED) is 0.741. The average Bonchev–Trinajstić information content (AvgIpc) is 2.84. The highest BCUT2D eigenvalue weighted by Crippen LogP contribution is 2.27. The van der Waals surface area contributed by atoms with Crippen LogP contribution in [-0.4, -0.2) is 27.0 Å². The molecule has 6 nitrogen and oxygen atoms in total. The minimum atomic E-state index is -3.44. The molecule has 0 radical (unpaired) electrons. The standard InChI is InChI=1S/C9H11NO5S/c1-16(11,12)14-6-7-5-9(15-10-7)8-3-2-4-13-8/h2-4,9H,5-6H2,1H3. The second kappa shape index (κ2) is 4.26. The minimum Gasteiger partial charge on any atom is -0.465 e. The Hall–Kier alpha value is -1.34. The van der Waals surface area contributed by atoms with E-state index in [9.17, 15) is 8.42 Å². The summed E-state index contributed by atoms with van der Waals surface area (Å²) >= 11 is 0. The molecule has 2 heterocycles. The van der Waals surface area contributed by atoms with E-state index in [1.807, 2.05) is 0 Å². The van der Waals surface area contributed by atoms with Crippen LogP contribution >= 0.6 is 0 Å². The summed E-state index contributed by atoms with van der Waals surface area (Å²) in [6.45, 7) is -0.0734. The van der Waals surface area contributed by atoms with Crippen molar-refractivity contribution in [2.45, 2.75) is 12.5 Å². The molecule has 0 aromatic carbocycles. The normalized spacial score (nSPS) is 20.6. The molecular formula is C9H11NO5S. The molecule has 1 aromatic heterocycles. The highest BCUT2D eigenvalue weighted by atomic mass is 32.2. The lowest BCUT2D eigenvalue weighted by atomic mass is 10.1. The maximum absolute atomic E-state index is 10.8. The van der Waals surface area contributed by atoms with E-state index < -0.39 is 10.1 Å². The van der Waals surface area contributed by atoms with Gasteiger partial charge in [0.05, 0.1) is 18.2 Å². The molecule has 0 fully saturated rings. The lowest BCUT2D eigenvalue weighted by molar-refractivity contribution is 0.0688. The number of furan rings is 1. The van der Waals surface area contributed by atoms with E-state index in [4.69, 9.17) is 9.25 Å². The smallest absolute Gasteiger partial charge is 0.264 e. The fourth-order valence-electron chi connectivity index (χ4n) is 1.31. The molecule has 1 aromatic rings. The van der Waals surface area contributed by atoms with Gasteiger partial charge in [0.15, 0.2) is 6.10 Å². The molecule has 0 saturated heterocycles. The van der Waals surface area contributed by atoms with Gasteiger partial charge in [-0.25, -0.2) is 0 Å². The van der Waals surface area contributed by atoms with Crippen molar-refractivity contribution >= 4 is 15.8 Å². The summed E-state index contributed by atoms with van der Waals surface area (Å²) in [5.41, 5.74) is 0.548. The lowest BCUT2D eigenvalue weighted by Gasteiger charge is -2.03. The Balaban J connectivity index is 1.88. The summed E-state index contributed by atoms with van der Waals surface area (Å²) in [4.78, 5) is 5.09. The minimum absolute atomic E-state index is 0.0734. The van der Waals surface area contributed by atoms with Crippen LogP contribution < -0.4 is 0 Å². The molecule has 0 N–H and O–H groups in total. The predicted octanol–water partition coefficient (Wildman–Crippen LogP) is 1.07. The van der Waals surface area contributed by atoms with E-state index in [-0.39, 0.29) is 12.7 Å². The van der Waals surface area contributed by atoms with Crippen molar-refractivity contribution in [2.24, 2.45) is 5.16 Å². The van der Waals surface area contributed by atoms with Gasteiger partial charge in [-0.15, -0.1) is 0 Å². The van der Waals surface area contributed by atoms with E-state index in [1.54, 1.807) is 18.4 Å². The number of rotatable bonds is 4. The van der Waals surface area contributed by atoms with Crippen LogP contribution in [0.2, 0.25) is 0 Å². The molecule has 0 spiro atoms. The molecule has 1 unspecified atom stereocenters. The first kappa shape index (κ1) is 11.2. The van der Waals surface area contributed by atoms with Gasteiger partial charge >= 0.3 is 0 Å². The van der Waals surface area contributed by atoms with Gasteiger partial charge in [0.25, 0.3) is 10.1 Å². The third kappa shape index (κ3) is 2.83. The van der Waals surface area contributed by atoms with Gasteiger partial charge in [0, 0.05) is 6.42 Å². The van der Waals surface area contributed by atoms with E-state index in [2.05, 4.69) is 9.34 Å². The zero-order valence-electron chi connectivity index (χ0n) is 8.62. The molecule has 0 saturated carbocycles. The Morgan fingerprint density at radius 3 is 3.06 bits per heavy atom. The second-order valence-corrected chi connectivity index (χ2v) is 5.08. The molecule has 88 valence electrons. The second-order valence-electron chi connectivity index (χ2n) is 3.44. The Labute approximate surface area is 93.0 Å². The van der Waals surface area contributed by atoms with Crippen LogP contribution in [0.3, 0.4) is 0 Å². The molecular weight excluding hydrogens is 234 g/mol. The van der Waals surface area contributed by atoms with Gasteiger partial charge in [0.1, 0.15) is 12.4 Å². The van der Waals surface area contributed by atoms with E-state index in [1.165, 1.54) is 0 Å². The number of nitrogens with zero attached hydrogens (tertiary/aromatic N) is 1. The lowest BCUT2D eigenvalue weighted by Crippen LogP contribution is -2.12. The summed E-state index contributed by atoms with van der Waals surface area (Å²) in [7, 11) is -3.44. The van der Waals surface area contributed by atoms with E-state index >= 15 is 0 Å². The Bertz CT molecular complexity index is 476. The zero-order chi connectivity index (χ0) is 11.6. The molecule has 0 amide bonds. The first-order valence-corrected chi connectivity index (χ1v) is 6.45. The summed E-state index contributed by atoms with van der Waals surface area (Å²) in [6, 6.07) is 3.53. The van der Waals surface area contributed by atoms with Gasteiger partial charge < -0.3 is 9.25 Å². The SMILES string of the molecule is CS(=O)(=O)OCC1=NOC(c2ccco2)C1. The highest BCUT2D eigenvalue weighted by Gasteiger charge is 2.25. The molecule has 1 aliphatic rings. The number of hydrogen-bond donors (Lipinski definition) is 0. The van der Waals surface area contributed by atoms with Gasteiger partial charge in [0.2, 0.25) is 0 Å². The van der Waals surface area contributed by atoms with Crippen LogP contribution in [0, 0.1) is 0 Å².